The summed E-state index contributed by atoms with van der Waals surface area (Å²) >= 11 is 0. The van der Waals surface area contributed by atoms with Crippen LogP contribution in [-0.4, -0.2) is 72.3 Å². The average Bonchev–Trinajstić information content (AvgIpc) is 2.65. The first-order chi connectivity index (χ1) is 12.9. The van der Waals surface area contributed by atoms with Gasteiger partial charge in [0.05, 0.1) is 0 Å². The summed E-state index contributed by atoms with van der Waals surface area (Å²) in [5, 5.41) is 0. The molecule has 1 aliphatic carbocycles. The number of carbonyl (C=O) groups excluding carboxylic acids is 2. The molecule has 154 valence electrons. The topological polar surface area (TPSA) is 43.9 Å². The first kappa shape index (κ1) is 20.8. The Hall–Kier alpha value is -0.940. The van der Waals surface area contributed by atoms with Crippen molar-refractivity contribution >= 4 is 11.8 Å². The molecule has 2 unspecified atom stereocenters. The van der Waals surface area contributed by atoms with E-state index in [0.717, 1.165) is 12.5 Å². The van der Waals surface area contributed by atoms with Crippen LogP contribution in [0.5, 0.6) is 0 Å². The summed E-state index contributed by atoms with van der Waals surface area (Å²) in [4.78, 5) is 31.9. The molecular weight excluding hydrogens is 338 g/mol. The molecule has 1 saturated carbocycles. The second kappa shape index (κ2) is 9.04. The zero-order chi connectivity index (χ0) is 19.6. The van der Waals surface area contributed by atoms with E-state index in [2.05, 4.69) is 37.6 Å². The van der Waals surface area contributed by atoms with Gasteiger partial charge < -0.3 is 4.90 Å². The van der Waals surface area contributed by atoms with Crippen molar-refractivity contribution in [3.8, 4) is 0 Å². The van der Waals surface area contributed by atoms with Gasteiger partial charge >= 0.3 is 0 Å². The van der Waals surface area contributed by atoms with E-state index in [4.69, 9.17) is 0 Å². The number of nitrogens with zero attached hydrogens (tertiary/aromatic N) is 3. The third-order valence-electron chi connectivity index (χ3n) is 7.43. The minimum Gasteiger partial charge on any atom is -0.304 e. The molecule has 2 amide bonds. The Balaban J connectivity index is 1.49. The number of likely N-dealkylation sites (tertiary alicyclic amines) is 1. The Bertz CT molecular complexity index is 520. The monoisotopic (exact) mass is 377 g/mol. The van der Waals surface area contributed by atoms with Gasteiger partial charge in [0, 0.05) is 51.1 Å². The van der Waals surface area contributed by atoms with Gasteiger partial charge in [-0.25, -0.2) is 0 Å². The lowest BCUT2D eigenvalue weighted by Crippen LogP contribution is -2.51. The maximum Gasteiger partial charge on any atom is 0.232 e. The van der Waals surface area contributed by atoms with E-state index in [9.17, 15) is 9.59 Å². The van der Waals surface area contributed by atoms with E-state index in [-0.39, 0.29) is 17.7 Å². The number of hydrogen-bond donors (Lipinski definition) is 0. The van der Waals surface area contributed by atoms with E-state index in [1.54, 1.807) is 4.90 Å². The van der Waals surface area contributed by atoms with Gasteiger partial charge in [0.2, 0.25) is 11.8 Å². The second-order valence-electron chi connectivity index (χ2n) is 9.62. The van der Waals surface area contributed by atoms with Crippen molar-refractivity contribution in [1.82, 2.24) is 14.7 Å². The fourth-order valence-electron chi connectivity index (χ4n) is 5.33. The SMILES string of the molecule is CC(C)C1CCC(=O)N(CC(C)C2CCC(N3CCN(C)CC3)CC2)C1=O. The number of rotatable bonds is 5. The van der Waals surface area contributed by atoms with Crippen LogP contribution in [-0.2, 0) is 9.59 Å². The molecular formula is C22H39N3O2. The van der Waals surface area contributed by atoms with Gasteiger partial charge in [-0.1, -0.05) is 20.8 Å². The molecule has 3 aliphatic rings. The van der Waals surface area contributed by atoms with E-state index in [0.29, 0.717) is 30.7 Å². The highest BCUT2D eigenvalue weighted by Crippen LogP contribution is 2.34. The minimum absolute atomic E-state index is 0.0304. The molecule has 0 radical (unpaired) electrons. The van der Waals surface area contributed by atoms with Crippen molar-refractivity contribution in [3.63, 3.8) is 0 Å². The molecule has 2 aliphatic heterocycles. The van der Waals surface area contributed by atoms with Gasteiger partial charge in [0.15, 0.2) is 0 Å². The lowest BCUT2D eigenvalue weighted by molar-refractivity contribution is -0.154. The lowest BCUT2D eigenvalue weighted by atomic mass is 9.77. The summed E-state index contributed by atoms with van der Waals surface area (Å²) in [5.41, 5.74) is 0. The number of amides is 2. The van der Waals surface area contributed by atoms with Crippen molar-refractivity contribution in [2.24, 2.45) is 23.7 Å². The van der Waals surface area contributed by atoms with Gasteiger partial charge in [-0.3, -0.25) is 19.4 Å². The van der Waals surface area contributed by atoms with Crippen LogP contribution in [0.3, 0.4) is 0 Å². The highest BCUT2D eigenvalue weighted by molar-refractivity contribution is 5.98. The van der Waals surface area contributed by atoms with Crippen LogP contribution in [0.25, 0.3) is 0 Å². The highest BCUT2D eigenvalue weighted by Gasteiger charge is 2.38. The summed E-state index contributed by atoms with van der Waals surface area (Å²) in [7, 11) is 2.21. The Morgan fingerprint density at radius 3 is 2.15 bits per heavy atom. The van der Waals surface area contributed by atoms with Crippen LogP contribution in [0.15, 0.2) is 0 Å². The van der Waals surface area contributed by atoms with Crippen molar-refractivity contribution in [2.75, 3.05) is 39.8 Å². The van der Waals surface area contributed by atoms with Crippen molar-refractivity contribution < 1.29 is 9.59 Å². The Morgan fingerprint density at radius 2 is 1.56 bits per heavy atom. The smallest absolute Gasteiger partial charge is 0.232 e. The molecule has 2 heterocycles. The first-order valence-electron chi connectivity index (χ1n) is 11.1. The largest absolute Gasteiger partial charge is 0.304 e. The van der Waals surface area contributed by atoms with E-state index >= 15 is 0 Å². The molecule has 2 atom stereocenters. The minimum atomic E-state index is 0.0304. The average molecular weight is 378 g/mol. The summed E-state index contributed by atoms with van der Waals surface area (Å²) in [6.45, 7) is 11.9. The Morgan fingerprint density at radius 1 is 0.926 bits per heavy atom. The summed E-state index contributed by atoms with van der Waals surface area (Å²) < 4.78 is 0. The quantitative estimate of drug-likeness (QED) is 0.691. The fourth-order valence-corrected chi connectivity index (χ4v) is 5.33. The summed E-state index contributed by atoms with van der Waals surface area (Å²) in [6, 6.07) is 0.741. The number of piperidine rings is 1. The molecule has 0 aromatic carbocycles. The molecule has 5 nitrogen and oxygen atoms in total. The lowest BCUT2D eigenvalue weighted by Gasteiger charge is -2.42. The predicted molar refractivity (Wildman–Crippen MR) is 108 cm³/mol. The van der Waals surface area contributed by atoms with Gasteiger partial charge in [-0.15, -0.1) is 0 Å². The number of imide groups is 1. The fraction of sp³-hybridized carbons (Fsp3) is 0.909. The maximum atomic E-state index is 12.8. The molecule has 2 saturated heterocycles. The first-order valence-corrected chi connectivity index (χ1v) is 11.1. The van der Waals surface area contributed by atoms with Gasteiger partial charge in [0.1, 0.15) is 0 Å². The number of piperazine rings is 1. The Kier molecular flexibility index (Phi) is 6.96. The normalized spacial score (nSPS) is 32.9. The third kappa shape index (κ3) is 4.92. The molecule has 0 aromatic rings. The number of hydrogen-bond acceptors (Lipinski definition) is 4. The highest BCUT2D eigenvalue weighted by atomic mass is 16.2. The van der Waals surface area contributed by atoms with E-state index in [1.807, 2.05) is 0 Å². The molecule has 27 heavy (non-hydrogen) atoms. The molecule has 0 N–H and O–H groups in total. The standard InChI is InChI=1S/C22H39N3O2/c1-16(2)20-9-10-21(26)25(22(20)27)15-17(3)18-5-7-19(8-6-18)24-13-11-23(4)12-14-24/h16-20H,5-15H2,1-4H3. The predicted octanol–water partition coefficient (Wildman–Crippen LogP) is 2.85. The number of likely N-dealkylation sites (N-methyl/N-ethyl adjacent to an activating group) is 1. The van der Waals surface area contributed by atoms with E-state index in [1.165, 1.54) is 51.9 Å². The zero-order valence-electron chi connectivity index (χ0n) is 17.8. The second-order valence-corrected chi connectivity index (χ2v) is 9.62. The molecule has 0 bridgehead atoms. The van der Waals surface area contributed by atoms with Crippen molar-refractivity contribution in [2.45, 2.75) is 65.3 Å². The van der Waals surface area contributed by atoms with Crippen LogP contribution in [0, 0.1) is 23.7 Å². The molecule has 0 aromatic heterocycles. The van der Waals surface area contributed by atoms with Crippen LogP contribution in [0.2, 0.25) is 0 Å². The van der Waals surface area contributed by atoms with Gasteiger partial charge in [-0.2, -0.15) is 0 Å². The zero-order valence-corrected chi connectivity index (χ0v) is 17.8. The van der Waals surface area contributed by atoms with Crippen molar-refractivity contribution in [1.29, 1.82) is 0 Å². The van der Waals surface area contributed by atoms with Crippen LogP contribution >= 0.6 is 0 Å². The summed E-state index contributed by atoms with van der Waals surface area (Å²) in [5.74, 6) is 1.55. The van der Waals surface area contributed by atoms with Gasteiger partial charge in [0.25, 0.3) is 0 Å². The number of carbonyl (C=O) groups is 2. The third-order valence-corrected chi connectivity index (χ3v) is 7.43. The Labute approximate surface area is 165 Å². The summed E-state index contributed by atoms with van der Waals surface area (Å²) in [6.07, 6.45) is 6.29. The van der Waals surface area contributed by atoms with E-state index < -0.39 is 0 Å². The molecule has 3 fully saturated rings. The molecule has 5 heteroatoms. The maximum absolute atomic E-state index is 12.8. The van der Waals surface area contributed by atoms with Crippen LogP contribution < -0.4 is 0 Å². The van der Waals surface area contributed by atoms with Crippen LogP contribution in [0.1, 0.15) is 59.3 Å². The van der Waals surface area contributed by atoms with Crippen molar-refractivity contribution in [3.05, 3.63) is 0 Å². The van der Waals surface area contributed by atoms with Crippen LogP contribution in [0.4, 0.5) is 0 Å². The molecule has 3 rings (SSSR count). The van der Waals surface area contributed by atoms with Gasteiger partial charge in [-0.05, 0) is 56.9 Å². The molecule has 0 spiro atoms.